The molecule has 0 radical (unpaired) electrons. The summed E-state index contributed by atoms with van der Waals surface area (Å²) in [5.74, 6) is 0.0676. The zero-order valence-corrected chi connectivity index (χ0v) is 17.1. The molecule has 0 atom stereocenters. The molecular formula is C21H24N2O3S. The van der Waals surface area contributed by atoms with Crippen LogP contribution in [0.5, 0.6) is 0 Å². The Morgan fingerprint density at radius 3 is 2.44 bits per heavy atom. The molecule has 5 nitrogen and oxygen atoms in total. The van der Waals surface area contributed by atoms with Gasteiger partial charge in [0, 0.05) is 0 Å². The summed E-state index contributed by atoms with van der Waals surface area (Å²) >= 11 is 1.21. The molecule has 3 aromatic rings. The minimum atomic E-state index is -0.402. The second kappa shape index (κ2) is 7.64. The molecule has 2 heterocycles. The molecule has 1 aromatic carbocycles. The third kappa shape index (κ3) is 3.95. The molecule has 0 fully saturated rings. The molecular weight excluding hydrogens is 360 g/mol. The maximum absolute atomic E-state index is 13.0. The summed E-state index contributed by atoms with van der Waals surface area (Å²) in [6.45, 7) is 10.1. The van der Waals surface area contributed by atoms with Gasteiger partial charge in [-0.2, -0.15) is 0 Å². The van der Waals surface area contributed by atoms with Gasteiger partial charge in [-0.05, 0) is 43.4 Å². The van der Waals surface area contributed by atoms with Crippen molar-refractivity contribution in [3.05, 3.63) is 62.5 Å². The van der Waals surface area contributed by atoms with Crippen molar-refractivity contribution in [3.8, 4) is 0 Å². The monoisotopic (exact) mass is 384 g/mol. The lowest BCUT2D eigenvalue weighted by Gasteiger charge is -2.09. The van der Waals surface area contributed by atoms with Gasteiger partial charge in [-0.15, -0.1) is 11.3 Å². The van der Waals surface area contributed by atoms with Crippen LogP contribution in [0.3, 0.4) is 0 Å². The summed E-state index contributed by atoms with van der Waals surface area (Å²) in [4.78, 5) is 30.7. The summed E-state index contributed by atoms with van der Waals surface area (Å²) in [5, 5.41) is 0.497. The number of aromatic nitrogens is 2. The first-order valence-electron chi connectivity index (χ1n) is 9.06. The van der Waals surface area contributed by atoms with E-state index in [1.807, 2.05) is 12.1 Å². The van der Waals surface area contributed by atoms with Crippen LogP contribution in [-0.2, 0) is 11.3 Å². The third-order valence-corrected chi connectivity index (χ3v) is 5.62. The van der Waals surface area contributed by atoms with Crippen molar-refractivity contribution in [1.82, 2.24) is 9.55 Å². The molecule has 0 bridgehead atoms. The van der Waals surface area contributed by atoms with Crippen LogP contribution in [0.25, 0.3) is 10.2 Å². The van der Waals surface area contributed by atoms with Crippen LogP contribution >= 0.6 is 11.3 Å². The Balaban J connectivity index is 1.96. The lowest BCUT2D eigenvalue weighted by Crippen LogP contribution is -2.21. The van der Waals surface area contributed by atoms with E-state index in [1.54, 1.807) is 31.7 Å². The van der Waals surface area contributed by atoms with Crippen molar-refractivity contribution in [2.24, 2.45) is 0 Å². The average molecular weight is 385 g/mol. The highest BCUT2D eigenvalue weighted by atomic mass is 32.1. The predicted molar refractivity (Wildman–Crippen MR) is 109 cm³/mol. The molecule has 0 N–H and O–H groups in total. The van der Waals surface area contributed by atoms with Gasteiger partial charge in [0.1, 0.15) is 9.71 Å². The van der Waals surface area contributed by atoms with E-state index in [9.17, 15) is 9.59 Å². The SMILES string of the molecule is Cc1c(C(=O)OC(C)C)sc2ncn(Cc3ccc(C(C)C)cc3)c(=O)c12. The molecule has 0 aliphatic carbocycles. The fourth-order valence-electron chi connectivity index (χ4n) is 2.94. The van der Waals surface area contributed by atoms with Gasteiger partial charge >= 0.3 is 5.97 Å². The fraction of sp³-hybridized carbons (Fsp3) is 0.381. The number of nitrogens with zero attached hydrogens (tertiary/aromatic N) is 2. The van der Waals surface area contributed by atoms with E-state index in [4.69, 9.17) is 4.74 Å². The molecule has 0 spiro atoms. The predicted octanol–water partition coefficient (Wildman–Crippen LogP) is 4.50. The van der Waals surface area contributed by atoms with Crippen LogP contribution in [0, 0.1) is 6.92 Å². The van der Waals surface area contributed by atoms with Gasteiger partial charge in [0.25, 0.3) is 5.56 Å². The maximum Gasteiger partial charge on any atom is 0.348 e. The Hall–Kier alpha value is -2.47. The number of hydrogen-bond donors (Lipinski definition) is 0. The number of ether oxygens (including phenoxy) is 1. The number of hydrogen-bond acceptors (Lipinski definition) is 5. The minimum absolute atomic E-state index is 0.134. The molecule has 0 saturated heterocycles. The Kier molecular flexibility index (Phi) is 5.46. The molecule has 0 amide bonds. The highest BCUT2D eigenvalue weighted by Crippen LogP contribution is 2.27. The third-order valence-electron chi connectivity index (χ3n) is 4.44. The van der Waals surface area contributed by atoms with Gasteiger partial charge in [-0.3, -0.25) is 9.36 Å². The Morgan fingerprint density at radius 1 is 1.19 bits per heavy atom. The van der Waals surface area contributed by atoms with Gasteiger partial charge in [0.2, 0.25) is 0 Å². The number of thiophene rings is 1. The number of fused-ring (bicyclic) bond motifs is 1. The molecule has 6 heteroatoms. The van der Waals surface area contributed by atoms with Crippen molar-refractivity contribution in [3.63, 3.8) is 0 Å². The normalized spacial score (nSPS) is 11.5. The number of aryl methyl sites for hydroxylation is 1. The fourth-order valence-corrected chi connectivity index (χ4v) is 3.96. The standard InChI is InChI=1S/C21H24N2O3S/c1-12(2)16-8-6-15(7-9-16)10-23-11-22-19-17(20(23)24)14(5)18(27-19)21(25)26-13(3)4/h6-9,11-13H,10H2,1-5H3. The van der Waals surface area contributed by atoms with E-state index in [0.29, 0.717) is 33.1 Å². The molecule has 3 rings (SSSR count). The van der Waals surface area contributed by atoms with E-state index < -0.39 is 5.97 Å². The zero-order chi connectivity index (χ0) is 19.7. The molecule has 0 saturated carbocycles. The molecule has 27 heavy (non-hydrogen) atoms. The van der Waals surface area contributed by atoms with Crippen molar-refractivity contribution in [2.45, 2.75) is 53.2 Å². The summed E-state index contributed by atoms with van der Waals surface area (Å²) in [5.41, 5.74) is 2.81. The first-order chi connectivity index (χ1) is 12.8. The summed E-state index contributed by atoms with van der Waals surface area (Å²) in [6, 6.07) is 8.26. The number of esters is 1. The molecule has 0 unspecified atom stereocenters. The maximum atomic E-state index is 13.0. The minimum Gasteiger partial charge on any atom is -0.459 e. The van der Waals surface area contributed by atoms with Crippen LogP contribution in [0.1, 0.15) is 60.0 Å². The Bertz CT molecular complexity index is 1030. The van der Waals surface area contributed by atoms with Crippen LogP contribution in [0.15, 0.2) is 35.4 Å². The van der Waals surface area contributed by atoms with E-state index in [2.05, 4.69) is 31.0 Å². The Morgan fingerprint density at radius 2 is 1.85 bits per heavy atom. The van der Waals surface area contributed by atoms with Crippen molar-refractivity contribution in [1.29, 1.82) is 0 Å². The van der Waals surface area contributed by atoms with Gasteiger partial charge < -0.3 is 4.74 Å². The van der Waals surface area contributed by atoms with Crippen molar-refractivity contribution < 1.29 is 9.53 Å². The summed E-state index contributed by atoms with van der Waals surface area (Å²) in [6.07, 6.45) is 1.34. The van der Waals surface area contributed by atoms with Gasteiger partial charge in [0.05, 0.1) is 24.4 Å². The quantitative estimate of drug-likeness (QED) is 0.608. The molecule has 142 valence electrons. The first kappa shape index (κ1) is 19.3. The number of rotatable bonds is 5. The highest BCUT2D eigenvalue weighted by molar-refractivity contribution is 7.20. The van der Waals surface area contributed by atoms with E-state index in [0.717, 1.165) is 5.56 Å². The molecule has 0 aliphatic heterocycles. The first-order valence-corrected chi connectivity index (χ1v) is 9.88. The van der Waals surface area contributed by atoms with Gasteiger partial charge in [-0.25, -0.2) is 9.78 Å². The lowest BCUT2D eigenvalue weighted by atomic mass is 10.0. The highest BCUT2D eigenvalue weighted by Gasteiger charge is 2.21. The van der Waals surface area contributed by atoms with Crippen molar-refractivity contribution in [2.75, 3.05) is 0 Å². The number of carbonyl (C=O) groups excluding carboxylic acids is 1. The zero-order valence-electron chi connectivity index (χ0n) is 16.3. The average Bonchev–Trinajstić information content (AvgIpc) is 2.95. The summed E-state index contributed by atoms with van der Waals surface area (Å²) < 4.78 is 6.87. The smallest absolute Gasteiger partial charge is 0.348 e. The van der Waals surface area contributed by atoms with E-state index >= 15 is 0 Å². The van der Waals surface area contributed by atoms with Crippen molar-refractivity contribution >= 4 is 27.5 Å². The molecule has 2 aromatic heterocycles. The van der Waals surface area contributed by atoms with Gasteiger partial charge in [0.15, 0.2) is 0 Å². The van der Waals surface area contributed by atoms with E-state index in [-0.39, 0.29) is 11.7 Å². The topological polar surface area (TPSA) is 61.2 Å². The van der Waals surface area contributed by atoms with Crippen LogP contribution in [0.2, 0.25) is 0 Å². The van der Waals surface area contributed by atoms with Crippen LogP contribution < -0.4 is 5.56 Å². The van der Waals surface area contributed by atoms with Crippen LogP contribution in [0.4, 0.5) is 0 Å². The summed E-state index contributed by atoms with van der Waals surface area (Å²) in [7, 11) is 0. The largest absolute Gasteiger partial charge is 0.459 e. The second-order valence-electron chi connectivity index (χ2n) is 7.26. The lowest BCUT2D eigenvalue weighted by molar-refractivity contribution is 0.0383. The number of carbonyl (C=O) groups is 1. The second-order valence-corrected chi connectivity index (χ2v) is 8.26. The molecule has 0 aliphatic rings. The number of benzene rings is 1. The van der Waals surface area contributed by atoms with Crippen LogP contribution in [-0.4, -0.2) is 21.6 Å². The van der Waals surface area contributed by atoms with Gasteiger partial charge in [-0.1, -0.05) is 38.1 Å². The Labute approximate surface area is 162 Å². The van der Waals surface area contributed by atoms with E-state index in [1.165, 1.54) is 16.9 Å².